The maximum atomic E-state index is 14.4. The number of nitrogens with one attached hydrogen (secondary N) is 1. The van der Waals surface area contributed by atoms with Crippen LogP contribution in [0.1, 0.15) is 42.9 Å². The molecule has 0 unspecified atom stereocenters. The molecule has 2 aromatic rings. The van der Waals surface area contributed by atoms with Crippen LogP contribution >= 0.6 is 15.9 Å². The first-order valence-corrected chi connectivity index (χ1v) is 10.0. The van der Waals surface area contributed by atoms with Crippen molar-refractivity contribution >= 4 is 33.3 Å². The van der Waals surface area contributed by atoms with Crippen LogP contribution in [0.2, 0.25) is 0 Å². The Balaban J connectivity index is 1.86. The normalized spacial score (nSPS) is 21.6. The molecule has 3 heterocycles. The van der Waals surface area contributed by atoms with Crippen LogP contribution in [0.4, 0.5) is 15.8 Å². The molecule has 2 atom stereocenters. The lowest BCUT2D eigenvalue weighted by atomic mass is 10.1. The third-order valence-corrected chi connectivity index (χ3v) is 5.34. The lowest BCUT2D eigenvalue weighted by Gasteiger charge is -2.22. The molecule has 1 fully saturated rings. The minimum atomic E-state index is -0.843. The fourth-order valence-electron chi connectivity index (χ4n) is 3.78. The zero-order chi connectivity index (χ0) is 20.9. The standard InChI is InChI=1S/C20H20BrFN2O5/c1-4-27-19(26)16-13(23-12-6-5-10(21)7-11(12)22)8-15(25)24-9-14-18(17(16)24)29-20(2,3)28-14/h5-8,14,18,23H,4,9H2,1-3H3/t14-,18-/m1/s1. The number of halogens is 2. The van der Waals surface area contributed by atoms with Gasteiger partial charge in [-0.3, -0.25) is 4.79 Å². The summed E-state index contributed by atoms with van der Waals surface area (Å²) in [6.07, 6.45) is -1.00. The van der Waals surface area contributed by atoms with Gasteiger partial charge in [-0.25, -0.2) is 9.18 Å². The predicted molar refractivity (Wildman–Crippen MR) is 107 cm³/mol. The second-order valence-corrected chi connectivity index (χ2v) is 8.25. The van der Waals surface area contributed by atoms with Gasteiger partial charge in [0.15, 0.2) is 5.79 Å². The van der Waals surface area contributed by atoms with Crippen molar-refractivity contribution < 1.29 is 23.4 Å². The highest BCUT2D eigenvalue weighted by Gasteiger charge is 2.49. The Morgan fingerprint density at radius 3 is 2.79 bits per heavy atom. The Kier molecular flexibility index (Phi) is 5.00. The summed E-state index contributed by atoms with van der Waals surface area (Å²) < 4.78 is 33.5. The first kappa shape index (κ1) is 20.1. The predicted octanol–water partition coefficient (Wildman–Crippen LogP) is 3.88. The minimum absolute atomic E-state index is 0.126. The number of hydrogen-bond acceptors (Lipinski definition) is 6. The van der Waals surface area contributed by atoms with E-state index in [9.17, 15) is 14.0 Å². The summed E-state index contributed by atoms with van der Waals surface area (Å²) in [7, 11) is 0. The summed E-state index contributed by atoms with van der Waals surface area (Å²) in [5.74, 6) is -2.00. The molecular formula is C20H20BrFN2O5. The van der Waals surface area contributed by atoms with E-state index < -0.39 is 29.8 Å². The topological polar surface area (TPSA) is 78.8 Å². The number of anilines is 2. The molecule has 1 saturated heterocycles. The van der Waals surface area contributed by atoms with Crippen molar-refractivity contribution in [3.8, 4) is 0 Å². The number of carbonyl (C=O) groups is 1. The average molecular weight is 467 g/mol. The Morgan fingerprint density at radius 2 is 2.10 bits per heavy atom. The molecular weight excluding hydrogens is 447 g/mol. The van der Waals surface area contributed by atoms with Crippen molar-refractivity contribution in [3.05, 3.63) is 56.2 Å². The van der Waals surface area contributed by atoms with Crippen molar-refractivity contribution in [3.63, 3.8) is 0 Å². The number of aromatic nitrogens is 1. The highest BCUT2D eigenvalue weighted by Crippen LogP contribution is 2.45. The molecule has 4 rings (SSSR count). The molecule has 9 heteroatoms. The third kappa shape index (κ3) is 3.58. The molecule has 1 N–H and O–H groups in total. The molecule has 0 amide bonds. The van der Waals surface area contributed by atoms with Crippen LogP contribution in [-0.2, 0) is 20.8 Å². The van der Waals surface area contributed by atoms with Crippen LogP contribution in [-0.4, -0.2) is 29.0 Å². The van der Waals surface area contributed by atoms with Gasteiger partial charge in [0, 0.05) is 10.5 Å². The van der Waals surface area contributed by atoms with Gasteiger partial charge < -0.3 is 24.1 Å². The van der Waals surface area contributed by atoms with Crippen LogP contribution in [0, 0.1) is 5.82 Å². The van der Waals surface area contributed by atoms with Gasteiger partial charge in [0.25, 0.3) is 5.56 Å². The smallest absolute Gasteiger partial charge is 0.342 e. The zero-order valence-corrected chi connectivity index (χ0v) is 17.7. The Morgan fingerprint density at radius 1 is 1.34 bits per heavy atom. The number of pyridine rings is 1. The Bertz CT molecular complexity index is 1050. The number of rotatable bonds is 4. The van der Waals surface area contributed by atoms with Crippen LogP contribution in [0.5, 0.6) is 0 Å². The molecule has 0 spiro atoms. The lowest BCUT2D eigenvalue weighted by Crippen LogP contribution is -2.29. The van der Waals surface area contributed by atoms with Gasteiger partial charge in [-0.05, 0) is 39.0 Å². The maximum Gasteiger partial charge on any atom is 0.342 e. The first-order valence-electron chi connectivity index (χ1n) is 9.22. The summed E-state index contributed by atoms with van der Waals surface area (Å²) in [4.78, 5) is 25.6. The van der Waals surface area contributed by atoms with Crippen molar-refractivity contribution in [1.29, 1.82) is 0 Å². The molecule has 154 valence electrons. The quantitative estimate of drug-likeness (QED) is 0.688. The highest BCUT2D eigenvalue weighted by atomic mass is 79.9. The summed E-state index contributed by atoms with van der Waals surface area (Å²) in [6, 6.07) is 5.73. The van der Waals surface area contributed by atoms with E-state index in [0.29, 0.717) is 10.2 Å². The SMILES string of the molecule is CCOC(=O)c1c(Nc2ccc(Br)cc2F)cc(=O)n2c1[C@@H]1OC(C)(C)O[C@@H]1C2. The number of ether oxygens (including phenoxy) is 3. The van der Waals surface area contributed by atoms with Crippen LogP contribution in [0.15, 0.2) is 33.5 Å². The van der Waals surface area contributed by atoms with Crippen molar-refractivity contribution in [2.75, 3.05) is 11.9 Å². The second-order valence-electron chi connectivity index (χ2n) is 7.33. The van der Waals surface area contributed by atoms with Gasteiger partial charge in [0.1, 0.15) is 23.6 Å². The van der Waals surface area contributed by atoms with E-state index in [4.69, 9.17) is 14.2 Å². The van der Waals surface area contributed by atoms with Crippen molar-refractivity contribution in [2.24, 2.45) is 0 Å². The fraction of sp³-hybridized carbons (Fsp3) is 0.400. The zero-order valence-electron chi connectivity index (χ0n) is 16.1. The molecule has 0 radical (unpaired) electrons. The van der Waals surface area contributed by atoms with Crippen LogP contribution < -0.4 is 10.9 Å². The number of fused-ring (bicyclic) bond motifs is 3. The summed E-state index contributed by atoms with van der Waals surface area (Å²) in [5.41, 5.74) is 0.470. The fourth-order valence-corrected chi connectivity index (χ4v) is 4.12. The van der Waals surface area contributed by atoms with E-state index >= 15 is 0 Å². The number of carbonyl (C=O) groups excluding carboxylic acids is 1. The molecule has 0 saturated carbocycles. The van der Waals surface area contributed by atoms with Crippen LogP contribution in [0.3, 0.4) is 0 Å². The number of esters is 1. The maximum absolute atomic E-state index is 14.4. The number of hydrogen-bond donors (Lipinski definition) is 1. The van der Waals surface area contributed by atoms with Gasteiger partial charge in [0.05, 0.1) is 30.2 Å². The van der Waals surface area contributed by atoms with E-state index in [1.165, 1.54) is 22.8 Å². The van der Waals surface area contributed by atoms with Crippen molar-refractivity contribution in [2.45, 2.75) is 45.3 Å². The highest BCUT2D eigenvalue weighted by molar-refractivity contribution is 9.10. The molecule has 7 nitrogen and oxygen atoms in total. The third-order valence-electron chi connectivity index (χ3n) is 4.85. The van der Waals surface area contributed by atoms with Gasteiger partial charge in [-0.2, -0.15) is 0 Å². The average Bonchev–Trinajstić information content (AvgIpc) is 3.10. The van der Waals surface area contributed by atoms with E-state index in [2.05, 4.69) is 21.2 Å². The molecule has 0 bridgehead atoms. The largest absolute Gasteiger partial charge is 0.462 e. The lowest BCUT2D eigenvalue weighted by molar-refractivity contribution is -0.151. The van der Waals surface area contributed by atoms with E-state index in [1.54, 1.807) is 26.8 Å². The molecule has 1 aromatic carbocycles. The van der Waals surface area contributed by atoms with Gasteiger partial charge >= 0.3 is 5.97 Å². The minimum Gasteiger partial charge on any atom is -0.462 e. The summed E-state index contributed by atoms with van der Waals surface area (Å²) in [5, 5.41) is 2.87. The van der Waals surface area contributed by atoms with Crippen LogP contribution in [0.25, 0.3) is 0 Å². The van der Waals surface area contributed by atoms with E-state index in [1.807, 2.05) is 0 Å². The monoisotopic (exact) mass is 466 g/mol. The molecule has 0 aliphatic carbocycles. The van der Waals surface area contributed by atoms with Crippen molar-refractivity contribution in [1.82, 2.24) is 4.57 Å². The summed E-state index contributed by atoms with van der Waals surface area (Å²) >= 11 is 3.21. The van der Waals surface area contributed by atoms with Gasteiger partial charge in [0.2, 0.25) is 0 Å². The summed E-state index contributed by atoms with van der Waals surface area (Å²) in [6.45, 7) is 5.66. The molecule has 29 heavy (non-hydrogen) atoms. The van der Waals surface area contributed by atoms with Gasteiger partial charge in [-0.15, -0.1) is 0 Å². The number of benzene rings is 1. The molecule has 2 aliphatic heterocycles. The second kappa shape index (κ2) is 7.23. The van der Waals surface area contributed by atoms with Gasteiger partial charge in [-0.1, -0.05) is 15.9 Å². The van der Waals surface area contributed by atoms with E-state index in [0.717, 1.165) is 0 Å². The van der Waals surface area contributed by atoms with E-state index in [-0.39, 0.29) is 35.6 Å². The Hall–Kier alpha value is -2.23. The Labute approximate surface area is 174 Å². The number of nitrogens with zero attached hydrogens (tertiary/aromatic N) is 1. The molecule has 2 aliphatic rings. The molecule has 1 aromatic heterocycles. The first-order chi connectivity index (χ1) is 13.7.